The van der Waals surface area contributed by atoms with E-state index in [1.807, 2.05) is 24.6 Å². The smallest absolute Gasteiger partial charge is 0.268 e. The number of hydrogen-bond donors (Lipinski definition) is 0. The summed E-state index contributed by atoms with van der Waals surface area (Å²) in [4.78, 5) is 13.9. The van der Waals surface area contributed by atoms with Gasteiger partial charge >= 0.3 is 0 Å². The molecule has 0 spiro atoms. The summed E-state index contributed by atoms with van der Waals surface area (Å²) in [6, 6.07) is 3.91. The molecule has 0 unspecified atom stereocenters. The monoisotopic (exact) mass is 330 g/mol. The number of fused-ring (bicyclic) bond motifs is 1. The van der Waals surface area contributed by atoms with E-state index in [0.29, 0.717) is 17.5 Å². The highest BCUT2D eigenvalue weighted by molar-refractivity contribution is 7.98. The number of nitrogens with zero attached hydrogens (tertiary/aromatic N) is 6. The second kappa shape index (κ2) is 5.50. The zero-order valence-electron chi connectivity index (χ0n) is 11.5. The van der Waals surface area contributed by atoms with Crippen LogP contribution in [0.1, 0.15) is 5.82 Å². The molecular weight excluding hydrogens is 320 g/mol. The Hall–Kier alpha value is -2.26. The van der Waals surface area contributed by atoms with Gasteiger partial charge in [-0.3, -0.25) is 4.68 Å². The Balaban J connectivity index is 1.55. The van der Waals surface area contributed by atoms with Gasteiger partial charge in [-0.1, -0.05) is 23.0 Å². The first-order valence-corrected chi connectivity index (χ1v) is 8.30. The van der Waals surface area contributed by atoms with Crippen LogP contribution in [0, 0.1) is 0 Å². The third-order valence-electron chi connectivity index (χ3n) is 3.03. The van der Waals surface area contributed by atoms with Crippen molar-refractivity contribution in [2.75, 3.05) is 0 Å². The first-order chi connectivity index (χ1) is 10.8. The van der Waals surface area contributed by atoms with Gasteiger partial charge in [-0.2, -0.15) is 10.1 Å². The average Bonchev–Trinajstić information content (AvgIpc) is 3.26. The summed E-state index contributed by atoms with van der Waals surface area (Å²) in [7, 11) is 1.86. The van der Waals surface area contributed by atoms with Gasteiger partial charge in [0.1, 0.15) is 11.4 Å². The molecular formula is C13H10N6OS2. The minimum Gasteiger partial charge on any atom is -0.333 e. The standard InChI is InChI=1S/C13H10N6OS2/c1-19-11-8(5-16-19)13(15-7-14-11)22-6-10-17-12(20-18-10)9-3-2-4-21-9/h2-5,7H,6H2,1H3. The summed E-state index contributed by atoms with van der Waals surface area (Å²) in [6.45, 7) is 0. The second-order valence-electron chi connectivity index (χ2n) is 4.47. The van der Waals surface area contributed by atoms with Crippen LogP contribution < -0.4 is 0 Å². The summed E-state index contributed by atoms with van der Waals surface area (Å²) in [6.07, 6.45) is 3.31. The maximum absolute atomic E-state index is 5.28. The molecule has 0 aliphatic heterocycles. The molecule has 0 radical (unpaired) electrons. The normalized spacial score (nSPS) is 11.3. The molecule has 4 aromatic rings. The largest absolute Gasteiger partial charge is 0.333 e. The fraction of sp³-hybridized carbons (Fsp3) is 0.154. The zero-order valence-corrected chi connectivity index (χ0v) is 13.1. The molecule has 0 N–H and O–H groups in total. The molecule has 9 heteroatoms. The molecule has 0 saturated carbocycles. The van der Waals surface area contributed by atoms with Crippen molar-refractivity contribution in [2.45, 2.75) is 10.8 Å². The lowest BCUT2D eigenvalue weighted by molar-refractivity contribution is 0.426. The molecule has 0 fully saturated rings. The summed E-state index contributed by atoms with van der Waals surface area (Å²) in [5.74, 6) is 1.78. The number of hydrogen-bond acceptors (Lipinski definition) is 8. The Morgan fingerprint density at radius 3 is 3.18 bits per heavy atom. The Kier molecular flexibility index (Phi) is 3.35. The Morgan fingerprint density at radius 1 is 1.36 bits per heavy atom. The van der Waals surface area contributed by atoms with E-state index < -0.39 is 0 Å². The predicted molar refractivity (Wildman–Crippen MR) is 83.5 cm³/mol. The fourth-order valence-corrected chi connectivity index (χ4v) is 3.45. The number of aromatic nitrogens is 6. The molecule has 22 heavy (non-hydrogen) atoms. The van der Waals surface area contributed by atoms with Crippen molar-refractivity contribution in [2.24, 2.45) is 7.05 Å². The fourth-order valence-electron chi connectivity index (χ4n) is 2.00. The van der Waals surface area contributed by atoms with Gasteiger partial charge in [0, 0.05) is 7.05 Å². The topological polar surface area (TPSA) is 82.5 Å². The molecule has 0 bridgehead atoms. The lowest BCUT2D eigenvalue weighted by Gasteiger charge is -1.99. The van der Waals surface area contributed by atoms with Crippen molar-refractivity contribution in [1.82, 2.24) is 29.9 Å². The van der Waals surface area contributed by atoms with Crippen LogP contribution in [0.5, 0.6) is 0 Å². The van der Waals surface area contributed by atoms with Crippen LogP contribution in [0.25, 0.3) is 21.8 Å². The van der Waals surface area contributed by atoms with Crippen LogP contribution in [0.2, 0.25) is 0 Å². The number of thiophene rings is 1. The van der Waals surface area contributed by atoms with Crippen molar-refractivity contribution in [3.63, 3.8) is 0 Å². The Bertz CT molecular complexity index is 914. The molecule has 0 amide bonds. The lowest BCUT2D eigenvalue weighted by Crippen LogP contribution is -1.93. The van der Waals surface area contributed by atoms with E-state index in [1.54, 1.807) is 40.3 Å². The van der Waals surface area contributed by atoms with Gasteiger partial charge in [-0.25, -0.2) is 9.97 Å². The SMILES string of the molecule is Cn1ncc2c(SCc3noc(-c4cccs4)n3)ncnc21. The molecule has 0 saturated heterocycles. The van der Waals surface area contributed by atoms with Crippen LogP contribution >= 0.6 is 23.1 Å². The highest BCUT2D eigenvalue weighted by atomic mass is 32.2. The Morgan fingerprint density at radius 2 is 2.32 bits per heavy atom. The number of thioether (sulfide) groups is 1. The van der Waals surface area contributed by atoms with E-state index >= 15 is 0 Å². The minimum absolute atomic E-state index is 0.555. The van der Waals surface area contributed by atoms with Crippen LogP contribution in [0.15, 0.2) is 39.6 Å². The average molecular weight is 330 g/mol. The Labute approximate surface area is 133 Å². The van der Waals surface area contributed by atoms with E-state index in [-0.39, 0.29) is 0 Å². The zero-order chi connectivity index (χ0) is 14.9. The molecule has 4 heterocycles. The number of rotatable bonds is 4. The van der Waals surface area contributed by atoms with E-state index in [1.165, 1.54) is 0 Å². The van der Waals surface area contributed by atoms with Gasteiger partial charge in [-0.15, -0.1) is 11.3 Å². The summed E-state index contributed by atoms with van der Waals surface area (Å²) in [5.41, 5.74) is 0.810. The maximum Gasteiger partial charge on any atom is 0.268 e. The third kappa shape index (κ3) is 2.38. The lowest BCUT2D eigenvalue weighted by atomic mass is 10.4. The highest BCUT2D eigenvalue weighted by Crippen LogP contribution is 2.28. The van der Waals surface area contributed by atoms with Crippen LogP contribution in [0.3, 0.4) is 0 Å². The van der Waals surface area contributed by atoms with E-state index in [4.69, 9.17) is 4.52 Å². The van der Waals surface area contributed by atoms with Crippen molar-refractivity contribution >= 4 is 34.1 Å². The van der Waals surface area contributed by atoms with Crippen LogP contribution in [-0.4, -0.2) is 29.9 Å². The minimum atomic E-state index is 0.555. The van der Waals surface area contributed by atoms with Crippen molar-refractivity contribution in [1.29, 1.82) is 0 Å². The van der Waals surface area contributed by atoms with Crippen molar-refractivity contribution < 1.29 is 4.52 Å². The summed E-state index contributed by atoms with van der Waals surface area (Å²) in [5, 5.41) is 12.0. The van der Waals surface area contributed by atoms with Gasteiger partial charge in [0.05, 0.1) is 22.2 Å². The molecule has 4 aromatic heterocycles. The molecule has 7 nitrogen and oxygen atoms in total. The molecule has 0 aromatic carbocycles. The maximum atomic E-state index is 5.28. The number of aryl methyl sites for hydroxylation is 1. The molecule has 4 rings (SSSR count). The third-order valence-corrected chi connectivity index (χ3v) is 4.89. The van der Waals surface area contributed by atoms with Crippen molar-refractivity contribution in [3.05, 3.63) is 35.9 Å². The van der Waals surface area contributed by atoms with E-state index in [0.717, 1.165) is 20.9 Å². The first-order valence-electron chi connectivity index (χ1n) is 6.43. The predicted octanol–water partition coefficient (Wildman–Crippen LogP) is 2.77. The molecule has 0 aliphatic carbocycles. The highest BCUT2D eigenvalue weighted by Gasteiger charge is 2.12. The van der Waals surface area contributed by atoms with Gasteiger partial charge in [0.15, 0.2) is 11.5 Å². The quantitative estimate of drug-likeness (QED) is 0.420. The van der Waals surface area contributed by atoms with E-state index in [2.05, 4.69) is 25.2 Å². The van der Waals surface area contributed by atoms with E-state index in [9.17, 15) is 0 Å². The van der Waals surface area contributed by atoms with Gasteiger partial charge in [0.2, 0.25) is 0 Å². The van der Waals surface area contributed by atoms with Crippen LogP contribution in [-0.2, 0) is 12.8 Å². The van der Waals surface area contributed by atoms with Crippen molar-refractivity contribution in [3.8, 4) is 10.8 Å². The second-order valence-corrected chi connectivity index (χ2v) is 6.38. The van der Waals surface area contributed by atoms with Crippen LogP contribution in [0.4, 0.5) is 0 Å². The molecule has 0 atom stereocenters. The summed E-state index contributed by atoms with van der Waals surface area (Å²) >= 11 is 3.11. The van der Waals surface area contributed by atoms with Gasteiger partial charge in [0.25, 0.3) is 5.89 Å². The van der Waals surface area contributed by atoms with Gasteiger partial charge < -0.3 is 4.52 Å². The molecule has 0 aliphatic rings. The summed E-state index contributed by atoms with van der Waals surface area (Å²) < 4.78 is 7.00. The first kappa shape index (κ1) is 13.4. The molecule has 110 valence electrons. The van der Waals surface area contributed by atoms with Gasteiger partial charge in [-0.05, 0) is 11.4 Å².